The highest BCUT2D eigenvalue weighted by Crippen LogP contribution is 2.21. The van der Waals surface area contributed by atoms with Crippen molar-refractivity contribution in [3.05, 3.63) is 71.8 Å². The minimum absolute atomic E-state index is 0.0694. The smallest absolute Gasteiger partial charge is 0.234 e. The molecule has 1 amide bonds. The van der Waals surface area contributed by atoms with Crippen LogP contribution in [-0.4, -0.2) is 31.5 Å². The molecule has 0 spiro atoms. The Labute approximate surface area is 167 Å². The molecule has 28 heavy (non-hydrogen) atoms. The molecule has 7 heteroatoms. The lowest BCUT2D eigenvalue weighted by atomic mass is 10.1. The molecular formula is C21H19N5OS. The van der Waals surface area contributed by atoms with Crippen LogP contribution in [-0.2, 0) is 4.79 Å². The molecule has 140 valence electrons. The third kappa shape index (κ3) is 4.04. The maximum absolute atomic E-state index is 12.2. The van der Waals surface area contributed by atoms with Crippen LogP contribution in [0.25, 0.3) is 17.0 Å². The molecule has 2 aromatic heterocycles. The number of hydrogen-bond donors (Lipinski definition) is 1. The molecule has 0 aliphatic heterocycles. The lowest BCUT2D eigenvalue weighted by molar-refractivity contribution is -0.113. The zero-order chi connectivity index (χ0) is 19.5. The van der Waals surface area contributed by atoms with Gasteiger partial charge in [-0.25, -0.2) is 0 Å². The normalized spacial score (nSPS) is 10.9. The molecule has 1 N–H and O–H groups in total. The monoisotopic (exact) mass is 389 g/mol. The topological polar surface area (TPSA) is 72.2 Å². The number of amides is 1. The van der Waals surface area contributed by atoms with E-state index in [1.54, 1.807) is 4.52 Å². The molecule has 0 saturated heterocycles. The van der Waals surface area contributed by atoms with Gasteiger partial charge in [0.1, 0.15) is 5.03 Å². The number of carbonyl (C=O) groups is 1. The summed E-state index contributed by atoms with van der Waals surface area (Å²) in [4.78, 5) is 12.2. The Kier molecular flexibility index (Phi) is 5.08. The van der Waals surface area contributed by atoms with Crippen LogP contribution < -0.4 is 5.32 Å². The molecular weight excluding hydrogens is 370 g/mol. The van der Waals surface area contributed by atoms with Crippen molar-refractivity contribution in [2.75, 3.05) is 11.1 Å². The van der Waals surface area contributed by atoms with Gasteiger partial charge in [0.25, 0.3) is 0 Å². The first-order valence-corrected chi connectivity index (χ1v) is 9.86. The van der Waals surface area contributed by atoms with E-state index in [4.69, 9.17) is 0 Å². The fourth-order valence-corrected chi connectivity index (χ4v) is 3.45. The lowest BCUT2D eigenvalue weighted by Crippen LogP contribution is -2.14. The van der Waals surface area contributed by atoms with Gasteiger partial charge < -0.3 is 5.32 Å². The summed E-state index contributed by atoms with van der Waals surface area (Å²) >= 11 is 1.38. The van der Waals surface area contributed by atoms with E-state index in [0.717, 1.165) is 21.8 Å². The zero-order valence-electron chi connectivity index (χ0n) is 15.6. The predicted molar refractivity (Wildman–Crippen MR) is 111 cm³/mol. The Bertz CT molecular complexity index is 1140. The Morgan fingerprint density at radius 2 is 1.82 bits per heavy atom. The van der Waals surface area contributed by atoms with E-state index in [-0.39, 0.29) is 11.7 Å². The number of anilines is 1. The maximum Gasteiger partial charge on any atom is 0.234 e. The fraction of sp³-hybridized carbons (Fsp3) is 0.143. The van der Waals surface area contributed by atoms with Crippen molar-refractivity contribution in [1.29, 1.82) is 0 Å². The molecule has 0 saturated carbocycles. The number of rotatable bonds is 5. The molecule has 2 aromatic carbocycles. The number of nitrogens with one attached hydrogen (secondary N) is 1. The third-order valence-electron chi connectivity index (χ3n) is 4.20. The average molecular weight is 389 g/mol. The van der Waals surface area contributed by atoms with E-state index in [2.05, 4.69) is 20.6 Å². The summed E-state index contributed by atoms with van der Waals surface area (Å²) in [7, 11) is 0. The van der Waals surface area contributed by atoms with Crippen molar-refractivity contribution < 1.29 is 4.79 Å². The molecule has 0 aliphatic carbocycles. The lowest BCUT2D eigenvalue weighted by Gasteiger charge is -2.06. The fourth-order valence-electron chi connectivity index (χ4n) is 2.79. The van der Waals surface area contributed by atoms with Crippen LogP contribution in [0.2, 0.25) is 0 Å². The summed E-state index contributed by atoms with van der Waals surface area (Å²) in [5.74, 6) is 0.885. The van der Waals surface area contributed by atoms with Gasteiger partial charge in [0, 0.05) is 11.3 Å². The highest BCUT2D eigenvalue weighted by atomic mass is 32.2. The summed E-state index contributed by atoms with van der Waals surface area (Å²) < 4.78 is 1.71. The molecule has 4 rings (SSSR count). The molecule has 0 bridgehead atoms. The Hall–Kier alpha value is -3.19. The van der Waals surface area contributed by atoms with Crippen LogP contribution in [0.4, 0.5) is 5.69 Å². The van der Waals surface area contributed by atoms with Gasteiger partial charge in [-0.05, 0) is 43.7 Å². The van der Waals surface area contributed by atoms with Crippen molar-refractivity contribution in [2.45, 2.75) is 18.9 Å². The van der Waals surface area contributed by atoms with Crippen molar-refractivity contribution >= 4 is 29.0 Å². The Morgan fingerprint density at radius 3 is 2.61 bits per heavy atom. The van der Waals surface area contributed by atoms with Crippen LogP contribution in [0, 0.1) is 13.8 Å². The minimum atomic E-state index is -0.0694. The van der Waals surface area contributed by atoms with Crippen LogP contribution in [0.1, 0.15) is 11.1 Å². The zero-order valence-corrected chi connectivity index (χ0v) is 16.4. The van der Waals surface area contributed by atoms with Crippen LogP contribution in [0.15, 0.2) is 65.7 Å². The first kappa shape index (κ1) is 18.2. The second-order valence-electron chi connectivity index (χ2n) is 6.54. The molecule has 6 nitrogen and oxygen atoms in total. The van der Waals surface area contributed by atoms with Crippen molar-refractivity contribution in [3.8, 4) is 11.4 Å². The molecule has 0 atom stereocenters. The summed E-state index contributed by atoms with van der Waals surface area (Å²) in [6.45, 7) is 4.04. The van der Waals surface area contributed by atoms with Crippen LogP contribution in [0.5, 0.6) is 0 Å². The van der Waals surface area contributed by atoms with E-state index in [9.17, 15) is 4.79 Å². The summed E-state index contributed by atoms with van der Waals surface area (Å²) in [5, 5.41) is 16.7. The van der Waals surface area contributed by atoms with Gasteiger partial charge in [-0.2, -0.15) is 9.61 Å². The number of benzene rings is 2. The van der Waals surface area contributed by atoms with Gasteiger partial charge in [-0.3, -0.25) is 4.79 Å². The van der Waals surface area contributed by atoms with Crippen molar-refractivity contribution in [3.63, 3.8) is 0 Å². The van der Waals surface area contributed by atoms with Gasteiger partial charge >= 0.3 is 0 Å². The number of nitrogens with zero attached hydrogens (tertiary/aromatic N) is 4. The second-order valence-corrected chi connectivity index (χ2v) is 7.53. The van der Waals surface area contributed by atoms with Gasteiger partial charge in [-0.1, -0.05) is 53.7 Å². The summed E-state index contributed by atoms with van der Waals surface area (Å²) in [6, 6.07) is 19.5. The van der Waals surface area contributed by atoms with Gasteiger partial charge in [0.05, 0.1) is 5.75 Å². The largest absolute Gasteiger partial charge is 0.325 e. The molecule has 0 aliphatic rings. The first-order chi connectivity index (χ1) is 13.6. The number of thioether (sulfide) groups is 1. The average Bonchev–Trinajstić information content (AvgIpc) is 3.10. The molecule has 0 unspecified atom stereocenters. The van der Waals surface area contributed by atoms with E-state index in [0.29, 0.717) is 11.5 Å². The molecule has 4 aromatic rings. The number of aromatic nitrogens is 4. The SMILES string of the molecule is Cc1ccc(-c2nnc3ccc(SCC(=O)Nc4cccc(C)c4)nn23)cc1. The van der Waals surface area contributed by atoms with E-state index >= 15 is 0 Å². The van der Waals surface area contributed by atoms with Gasteiger partial charge in [0.2, 0.25) is 5.91 Å². The van der Waals surface area contributed by atoms with Crippen LogP contribution in [0.3, 0.4) is 0 Å². The minimum Gasteiger partial charge on any atom is -0.325 e. The molecule has 0 radical (unpaired) electrons. The van der Waals surface area contributed by atoms with E-state index in [1.165, 1.54) is 17.3 Å². The number of aryl methyl sites for hydroxylation is 2. The third-order valence-corrected chi connectivity index (χ3v) is 5.12. The number of fused-ring (bicyclic) bond motifs is 1. The first-order valence-electron chi connectivity index (χ1n) is 8.87. The second kappa shape index (κ2) is 7.82. The van der Waals surface area contributed by atoms with Gasteiger partial charge in [0.15, 0.2) is 11.5 Å². The standard InChI is InChI=1S/C21H19N5OS/c1-14-6-8-16(9-7-14)21-24-23-18-10-11-20(25-26(18)21)28-13-19(27)22-17-5-3-4-15(2)12-17/h3-12H,13H2,1-2H3,(H,22,27). The van der Waals surface area contributed by atoms with Crippen molar-refractivity contribution in [1.82, 2.24) is 19.8 Å². The predicted octanol–water partition coefficient (Wildman–Crippen LogP) is 4.14. The summed E-state index contributed by atoms with van der Waals surface area (Å²) in [5.41, 5.74) is 4.71. The highest BCUT2D eigenvalue weighted by molar-refractivity contribution is 7.99. The van der Waals surface area contributed by atoms with E-state index in [1.807, 2.05) is 74.5 Å². The molecule has 2 heterocycles. The number of carbonyl (C=O) groups excluding carboxylic acids is 1. The quantitative estimate of drug-likeness (QED) is 0.520. The number of hydrogen-bond acceptors (Lipinski definition) is 5. The van der Waals surface area contributed by atoms with E-state index < -0.39 is 0 Å². The Balaban J connectivity index is 1.49. The van der Waals surface area contributed by atoms with Gasteiger partial charge in [-0.15, -0.1) is 10.2 Å². The maximum atomic E-state index is 12.2. The highest BCUT2D eigenvalue weighted by Gasteiger charge is 2.11. The van der Waals surface area contributed by atoms with Crippen LogP contribution >= 0.6 is 11.8 Å². The molecule has 0 fully saturated rings. The summed E-state index contributed by atoms with van der Waals surface area (Å²) in [6.07, 6.45) is 0. The Morgan fingerprint density at radius 1 is 1.00 bits per heavy atom. The van der Waals surface area contributed by atoms with Crippen molar-refractivity contribution in [2.24, 2.45) is 0 Å².